The highest BCUT2D eigenvalue weighted by atomic mass is 79.9. The molecule has 0 radical (unpaired) electrons. The summed E-state index contributed by atoms with van der Waals surface area (Å²) in [6.07, 6.45) is 3.33. The molecule has 0 amide bonds. The maximum atomic E-state index is 13.7. The highest BCUT2D eigenvalue weighted by Gasteiger charge is 2.13. The maximum absolute atomic E-state index is 13.7. The van der Waals surface area contributed by atoms with E-state index in [9.17, 15) is 14.5 Å². The van der Waals surface area contributed by atoms with Crippen LogP contribution < -0.4 is 5.32 Å². The van der Waals surface area contributed by atoms with Gasteiger partial charge in [-0.25, -0.2) is 14.4 Å². The van der Waals surface area contributed by atoms with E-state index < -0.39 is 10.7 Å². The topological polar surface area (TPSA) is 81.0 Å². The minimum Gasteiger partial charge on any atom is -0.337 e. The zero-order valence-corrected chi connectivity index (χ0v) is 12.5. The summed E-state index contributed by atoms with van der Waals surface area (Å²) < 4.78 is 14.2. The molecule has 2 aromatic rings. The summed E-state index contributed by atoms with van der Waals surface area (Å²) >= 11 is 4.57. The Balaban J connectivity index is 2.38. The molecule has 104 valence electrons. The number of anilines is 2. The first-order valence-corrected chi connectivity index (χ1v) is 7.30. The quantitative estimate of drug-likeness (QED) is 0.388. The number of benzene rings is 1. The fourth-order valence-corrected chi connectivity index (χ4v) is 2.02. The Morgan fingerprint density at radius 1 is 1.50 bits per heavy atom. The Bertz CT molecular complexity index is 671. The van der Waals surface area contributed by atoms with Crippen LogP contribution in [0.3, 0.4) is 0 Å². The summed E-state index contributed by atoms with van der Waals surface area (Å²) in [5.41, 5.74) is -0.227. The van der Waals surface area contributed by atoms with E-state index in [1.807, 2.05) is 0 Å². The minimum absolute atomic E-state index is 0.0225. The number of thioether (sulfide) groups is 1. The average Bonchev–Trinajstić information content (AvgIpc) is 2.43. The number of nitrogens with zero attached hydrogens (tertiary/aromatic N) is 3. The summed E-state index contributed by atoms with van der Waals surface area (Å²) in [6, 6.07) is 3.25. The van der Waals surface area contributed by atoms with Crippen molar-refractivity contribution in [3.05, 3.63) is 44.8 Å². The van der Waals surface area contributed by atoms with Crippen LogP contribution in [0.25, 0.3) is 0 Å². The van der Waals surface area contributed by atoms with Gasteiger partial charge < -0.3 is 5.32 Å². The van der Waals surface area contributed by atoms with E-state index in [2.05, 4.69) is 31.2 Å². The molecule has 2 rings (SSSR count). The second-order valence-electron chi connectivity index (χ2n) is 3.60. The largest absolute Gasteiger partial charge is 0.337 e. The molecular formula is C11H8BrFN4O2S. The van der Waals surface area contributed by atoms with Crippen molar-refractivity contribution in [3.8, 4) is 0 Å². The van der Waals surface area contributed by atoms with Crippen LogP contribution in [0, 0.1) is 15.9 Å². The van der Waals surface area contributed by atoms with Crippen molar-refractivity contribution in [3.63, 3.8) is 0 Å². The second kappa shape index (κ2) is 6.14. The number of nitrogens with one attached hydrogen (secondary N) is 1. The predicted octanol–water partition coefficient (Wildman–Crippen LogP) is 3.75. The summed E-state index contributed by atoms with van der Waals surface area (Å²) in [5, 5.41) is 13.9. The number of rotatable bonds is 4. The molecule has 0 fully saturated rings. The average molecular weight is 359 g/mol. The molecule has 0 atom stereocenters. The van der Waals surface area contributed by atoms with Crippen LogP contribution >= 0.6 is 27.7 Å². The molecule has 0 spiro atoms. The molecule has 6 nitrogen and oxygen atoms in total. The molecule has 20 heavy (non-hydrogen) atoms. The van der Waals surface area contributed by atoms with Crippen LogP contribution in [0.5, 0.6) is 0 Å². The van der Waals surface area contributed by atoms with E-state index in [1.165, 1.54) is 18.0 Å². The first kappa shape index (κ1) is 14.7. The fraction of sp³-hybridized carbons (Fsp3) is 0.0909. The van der Waals surface area contributed by atoms with Crippen LogP contribution in [-0.2, 0) is 0 Å². The van der Waals surface area contributed by atoms with Gasteiger partial charge in [0.15, 0.2) is 5.16 Å². The smallest absolute Gasteiger partial charge is 0.271 e. The van der Waals surface area contributed by atoms with Crippen molar-refractivity contribution < 1.29 is 9.31 Å². The van der Waals surface area contributed by atoms with Gasteiger partial charge in [0.05, 0.1) is 15.1 Å². The van der Waals surface area contributed by atoms with Gasteiger partial charge >= 0.3 is 0 Å². The van der Waals surface area contributed by atoms with Crippen LogP contribution in [0.1, 0.15) is 0 Å². The van der Waals surface area contributed by atoms with Crippen LogP contribution in [0.4, 0.5) is 21.6 Å². The van der Waals surface area contributed by atoms with Gasteiger partial charge in [-0.15, -0.1) is 0 Å². The highest BCUT2D eigenvalue weighted by molar-refractivity contribution is 9.10. The van der Waals surface area contributed by atoms with E-state index >= 15 is 0 Å². The van der Waals surface area contributed by atoms with Gasteiger partial charge in [0, 0.05) is 18.3 Å². The van der Waals surface area contributed by atoms with E-state index in [0.717, 1.165) is 18.2 Å². The predicted molar refractivity (Wildman–Crippen MR) is 77.9 cm³/mol. The molecular weight excluding hydrogens is 351 g/mol. The number of aromatic nitrogens is 2. The molecule has 0 saturated heterocycles. The van der Waals surface area contributed by atoms with Gasteiger partial charge in [-0.05, 0) is 28.3 Å². The van der Waals surface area contributed by atoms with Crippen molar-refractivity contribution >= 4 is 44.9 Å². The Morgan fingerprint density at radius 2 is 2.25 bits per heavy atom. The van der Waals surface area contributed by atoms with Gasteiger partial charge in [0.1, 0.15) is 11.6 Å². The van der Waals surface area contributed by atoms with Crippen molar-refractivity contribution in [2.75, 3.05) is 11.6 Å². The van der Waals surface area contributed by atoms with Crippen LogP contribution in [-0.4, -0.2) is 21.1 Å². The van der Waals surface area contributed by atoms with Gasteiger partial charge in [-0.1, -0.05) is 11.8 Å². The molecule has 1 N–H and O–H groups in total. The van der Waals surface area contributed by atoms with Crippen molar-refractivity contribution in [1.29, 1.82) is 0 Å². The molecule has 0 saturated carbocycles. The lowest BCUT2D eigenvalue weighted by atomic mass is 10.2. The van der Waals surface area contributed by atoms with Crippen LogP contribution in [0.15, 0.2) is 34.0 Å². The normalized spacial score (nSPS) is 10.3. The van der Waals surface area contributed by atoms with E-state index in [1.54, 1.807) is 6.26 Å². The Morgan fingerprint density at radius 3 is 2.90 bits per heavy atom. The molecule has 0 aliphatic carbocycles. The summed E-state index contributed by atoms with van der Waals surface area (Å²) in [4.78, 5) is 18.3. The Kier molecular flexibility index (Phi) is 4.50. The van der Waals surface area contributed by atoms with E-state index in [0.29, 0.717) is 15.4 Å². The summed E-state index contributed by atoms with van der Waals surface area (Å²) in [7, 11) is 0. The molecule has 1 aromatic heterocycles. The molecule has 0 unspecified atom stereocenters. The minimum atomic E-state index is -0.605. The van der Waals surface area contributed by atoms with Gasteiger partial charge in [0.25, 0.3) is 5.69 Å². The molecule has 1 aromatic carbocycles. The van der Waals surface area contributed by atoms with Crippen molar-refractivity contribution in [1.82, 2.24) is 9.97 Å². The lowest BCUT2D eigenvalue weighted by molar-refractivity contribution is -0.384. The SMILES string of the molecule is CSc1ncc(Br)c(Nc2cc([N+](=O)[O-])ccc2F)n1. The first-order valence-electron chi connectivity index (χ1n) is 5.28. The number of nitro benzene ring substituents is 1. The number of hydrogen-bond donors (Lipinski definition) is 1. The first-order chi connectivity index (χ1) is 9.51. The van der Waals surface area contributed by atoms with E-state index in [4.69, 9.17) is 0 Å². The molecule has 0 bridgehead atoms. The monoisotopic (exact) mass is 358 g/mol. The number of halogens is 2. The van der Waals surface area contributed by atoms with Crippen LogP contribution in [0.2, 0.25) is 0 Å². The Labute approximate surface area is 126 Å². The number of nitro groups is 1. The van der Waals surface area contributed by atoms with Gasteiger partial charge in [-0.3, -0.25) is 10.1 Å². The third-order valence-corrected chi connectivity index (χ3v) is 3.46. The highest BCUT2D eigenvalue weighted by Crippen LogP contribution is 2.28. The van der Waals surface area contributed by atoms with Gasteiger partial charge in [0.2, 0.25) is 0 Å². The fourth-order valence-electron chi connectivity index (χ4n) is 1.39. The maximum Gasteiger partial charge on any atom is 0.271 e. The third-order valence-electron chi connectivity index (χ3n) is 2.32. The second-order valence-corrected chi connectivity index (χ2v) is 5.23. The zero-order valence-electron chi connectivity index (χ0n) is 10.1. The molecule has 0 aliphatic rings. The third kappa shape index (κ3) is 3.23. The standard InChI is InChI=1S/C11H8BrFN4O2S/c1-20-11-14-5-7(12)10(16-11)15-9-4-6(17(18)19)2-3-8(9)13/h2-5H,1H3,(H,14,15,16). The summed E-state index contributed by atoms with van der Waals surface area (Å²) in [5.74, 6) is -0.268. The Hall–Kier alpha value is -1.74. The number of hydrogen-bond acceptors (Lipinski definition) is 6. The zero-order chi connectivity index (χ0) is 14.7. The lowest BCUT2D eigenvalue weighted by Crippen LogP contribution is -2.00. The lowest BCUT2D eigenvalue weighted by Gasteiger charge is -2.09. The molecule has 1 heterocycles. The summed E-state index contributed by atoms with van der Waals surface area (Å²) in [6.45, 7) is 0. The van der Waals surface area contributed by atoms with Gasteiger partial charge in [-0.2, -0.15) is 0 Å². The molecule has 0 aliphatic heterocycles. The van der Waals surface area contributed by atoms with Crippen molar-refractivity contribution in [2.24, 2.45) is 0 Å². The van der Waals surface area contributed by atoms with Crippen molar-refractivity contribution in [2.45, 2.75) is 5.16 Å². The number of non-ortho nitro benzene ring substituents is 1. The van der Waals surface area contributed by atoms with E-state index in [-0.39, 0.29) is 11.4 Å². The molecule has 9 heteroatoms.